The first-order valence-corrected chi connectivity index (χ1v) is 4.22. The standard InChI is InChI=1S/C10H11NO3/c1-8(12)5-10(13)14-7-9-3-2-4-11-6-9/h2-4,6H,5,7H2,1H3. The zero-order valence-electron chi connectivity index (χ0n) is 7.90. The zero-order valence-corrected chi connectivity index (χ0v) is 7.90. The van der Waals surface area contributed by atoms with Crippen LogP contribution in [0.5, 0.6) is 0 Å². The largest absolute Gasteiger partial charge is 0.460 e. The van der Waals surface area contributed by atoms with Crippen molar-refractivity contribution < 1.29 is 14.3 Å². The van der Waals surface area contributed by atoms with E-state index in [-0.39, 0.29) is 18.8 Å². The van der Waals surface area contributed by atoms with Crippen LogP contribution in [0.25, 0.3) is 0 Å². The molecule has 0 N–H and O–H groups in total. The number of hydrogen-bond donors (Lipinski definition) is 0. The highest BCUT2D eigenvalue weighted by Crippen LogP contribution is 1.99. The number of hydrogen-bond acceptors (Lipinski definition) is 4. The molecule has 1 rings (SSSR count). The van der Waals surface area contributed by atoms with Gasteiger partial charge in [-0.2, -0.15) is 0 Å². The molecule has 0 saturated carbocycles. The first kappa shape index (κ1) is 10.4. The monoisotopic (exact) mass is 193 g/mol. The van der Waals surface area contributed by atoms with Gasteiger partial charge in [-0.05, 0) is 13.0 Å². The highest BCUT2D eigenvalue weighted by Gasteiger charge is 2.05. The minimum Gasteiger partial charge on any atom is -0.460 e. The van der Waals surface area contributed by atoms with Gasteiger partial charge in [0, 0.05) is 18.0 Å². The van der Waals surface area contributed by atoms with Crippen molar-refractivity contribution in [2.24, 2.45) is 0 Å². The quantitative estimate of drug-likeness (QED) is 0.530. The number of carbonyl (C=O) groups excluding carboxylic acids is 2. The molecule has 0 bridgehead atoms. The molecule has 0 atom stereocenters. The molecule has 0 saturated heterocycles. The smallest absolute Gasteiger partial charge is 0.313 e. The van der Waals surface area contributed by atoms with E-state index in [2.05, 4.69) is 4.98 Å². The summed E-state index contributed by atoms with van der Waals surface area (Å²) in [6, 6.07) is 3.56. The van der Waals surface area contributed by atoms with E-state index in [1.165, 1.54) is 6.92 Å². The van der Waals surface area contributed by atoms with Crippen LogP contribution in [0.2, 0.25) is 0 Å². The second kappa shape index (κ2) is 5.11. The molecule has 1 heterocycles. The number of ketones is 1. The minimum absolute atomic E-state index is 0.166. The molecule has 14 heavy (non-hydrogen) atoms. The molecule has 0 amide bonds. The van der Waals surface area contributed by atoms with Crippen LogP contribution >= 0.6 is 0 Å². The van der Waals surface area contributed by atoms with Crippen LogP contribution in [0.1, 0.15) is 18.9 Å². The van der Waals surface area contributed by atoms with Crippen molar-refractivity contribution in [3.63, 3.8) is 0 Å². The van der Waals surface area contributed by atoms with E-state index in [9.17, 15) is 9.59 Å². The van der Waals surface area contributed by atoms with Crippen molar-refractivity contribution in [1.29, 1.82) is 0 Å². The second-order valence-electron chi connectivity index (χ2n) is 2.90. The summed E-state index contributed by atoms with van der Waals surface area (Å²) in [6.45, 7) is 1.52. The number of rotatable bonds is 4. The molecule has 0 aliphatic rings. The van der Waals surface area contributed by atoms with Gasteiger partial charge in [0.2, 0.25) is 0 Å². The van der Waals surface area contributed by atoms with Gasteiger partial charge in [0.1, 0.15) is 18.8 Å². The van der Waals surface area contributed by atoms with E-state index in [4.69, 9.17) is 4.74 Å². The first-order chi connectivity index (χ1) is 6.68. The van der Waals surface area contributed by atoms with E-state index in [1.54, 1.807) is 24.5 Å². The lowest BCUT2D eigenvalue weighted by Gasteiger charge is -2.02. The van der Waals surface area contributed by atoms with E-state index in [0.717, 1.165) is 5.56 Å². The third-order valence-corrected chi connectivity index (χ3v) is 1.52. The van der Waals surface area contributed by atoms with Gasteiger partial charge in [-0.3, -0.25) is 14.6 Å². The van der Waals surface area contributed by atoms with Gasteiger partial charge in [0.05, 0.1) is 0 Å². The van der Waals surface area contributed by atoms with Crippen LogP contribution in [0.15, 0.2) is 24.5 Å². The second-order valence-corrected chi connectivity index (χ2v) is 2.90. The maximum atomic E-state index is 11.0. The molecule has 0 aliphatic carbocycles. The Balaban J connectivity index is 2.34. The van der Waals surface area contributed by atoms with Crippen LogP contribution in [-0.4, -0.2) is 16.7 Å². The van der Waals surface area contributed by atoms with E-state index >= 15 is 0 Å². The Hall–Kier alpha value is -1.71. The Morgan fingerprint density at radius 1 is 1.50 bits per heavy atom. The van der Waals surface area contributed by atoms with Gasteiger partial charge < -0.3 is 4.74 Å². The van der Waals surface area contributed by atoms with E-state index < -0.39 is 5.97 Å². The van der Waals surface area contributed by atoms with Crippen molar-refractivity contribution in [2.75, 3.05) is 0 Å². The minimum atomic E-state index is -0.499. The third kappa shape index (κ3) is 3.80. The van der Waals surface area contributed by atoms with Crippen LogP contribution in [-0.2, 0) is 20.9 Å². The maximum Gasteiger partial charge on any atom is 0.313 e. The predicted molar refractivity (Wildman–Crippen MR) is 49.3 cm³/mol. The van der Waals surface area contributed by atoms with Gasteiger partial charge in [-0.15, -0.1) is 0 Å². The molecule has 0 radical (unpaired) electrons. The summed E-state index contributed by atoms with van der Waals surface area (Å²) in [5, 5.41) is 0. The summed E-state index contributed by atoms with van der Waals surface area (Å²) < 4.78 is 4.84. The molecule has 4 nitrogen and oxygen atoms in total. The van der Waals surface area contributed by atoms with Gasteiger partial charge in [0.25, 0.3) is 0 Å². The molecule has 4 heteroatoms. The Morgan fingerprint density at radius 2 is 2.29 bits per heavy atom. The number of pyridine rings is 1. The summed E-state index contributed by atoms with van der Waals surface area (Å²) in [4.78, 5) is 25.4. The number of ether oxygens (including phenoxy) is 1. The van der Waals surface area contributed by atoms with Gasteiger partial charge in [-0.25, -0.2) is 0 Å². The molecule has 0 unspecified atom stereocenters. The number of esters is 1. The summed E-state index contributed by atoms with van der Waals surface area (Å²) in [5.74, 6) is -0.692. The lowest BCUT2D eigenvalue weighted by atomic mass is 10.3. The molecular formula is C10H11NO3. The van der Waals surface area contributed by atoms with Crippen molar-refractivity contribution in [3.05, 3.63) is 30.1 Å². The average molecular weight is 193 g/mol. The molecule has 0 fully saturated rings. The van der Waals surface area contributed by atoms with Crippen molar-refractivity contribution >= 4 is 11.8 Å². The Bertz CT molecular complexity index is 321. The molecule has 0 spiro atoms. The normalized spacial score (nSPS) is 9.50. The number of carbonyl (C=O) groups is 2. The third-order valence-electron chi connectivity index (χ3n) is 1.52. The van der Waals surface area contributed by atoms with Crippen molar-refractivity contribution in [3.8, 4) is 0 Å². The SMILES string of the molecule is CC(=O)CC(=O)OCc1cccnc1. The lowest BCUT2D eigenvalue weighted by Crippen LogP contribution is -2.08. The van der Waals surface area contributed by atoms with E-state index in [0.29, 0.717) is 0 Å². The van der Waals surface area contributed by atoms with E-state index in [1.807, 2.05) is 0 Å². The summed E-state index contributed by atoms with van der Waals surface area (Å²) in [6.07, 6.45) is 3.09. The first-order valence-electron chi connectivity index (χ1n) is 4.22. The zero-order chi connectivity index (χ0) is 10.4. The number of Topliss-reactive ketones (excluding diaryl/α,β-unsaturated/α-hetero) is 1. The molecule has 1 aromatic heterocycles. The van der Waals surface area contributed by atoms with Crippen LogP contribution in [0.3, 0.4) is 0 Å². The van der Waals surface area contributed by atoms with Crippen molar-refractivity contribution in [1.82, 2.24) is 4.98 Å². The maximum absolute atomic E-state index is 11.0. The number of nitrogens with zero attached hydrogens (tertiary/aromatic N) is 1. The van der Waals surface area contributed by atoms with Gasteiger partial charge in [-0.1, -0.05) is 6.07 Å². The summed E-state index contributed by atoms with van der Waals surface area (Å²) >= 11 is 0. The molecule has 1 aromatic rings. The highest BCUT2D eigenvalue weighted by molar-refractivity contribution is 5.94. The summed E-state index contributed by atoms with van der Waals surface area (Å²) in [7, 11) is 0. The molecular weight excluding hydrogens is 182 g/mol. The van der Waals surface area contributed by atoms with Gasteiger partial charge in [0.15, 0.2) is 0 Å². The Morgan fingerprint density at radius 3 is 2.86 bits per heavy atom. The topological polar surface area (TPSA) is 56.3 Å². The number of aromatic nitrogens is 1. The molecule has 0 aromatic carbocycles. The Labute approximate surface area is 81.9 Å². The highest BCUT2D eigenvalue weighted by atomic mass is 16.5. The predicted octanol–water partition coefficient (Wildman–Crippen LogP) is 1.10. The Kier molecular flexibility index (Phi) is 3.79. The fraction of sp³-hybridized carbons (Fsp3) is 0.300. The van der Waals surface area contributed by atoms with Crippen LogP contribution < -0.4 is 0 Å². The van der Waals surface area contributed by atoms with Crippen LogP contribution in [0.4, 0.5) is 0 Å². The fourth-order valence-electron chi connectivity index (χ4n) is 0.902. The van der Waals surface area contributed by atoms with Crippen LogP contribution in [0, 0.1) is 0 Å². The van der Waals surface area contributed by atoms with Crippen molar-refractivity contribution in [2.45, 2.75) is 20.0 Å². The average Bonchev–Trinajstić information content (AvgIpc) is 2.15. The van der Waals surface area contributed by atoms with Gasteiger partial charge >= 0.3 is 5.97 Å². The summed E-state index contributed by atoms with van der Waals surface area (Å²) in [5.41, 5.74) is 0.810. The molecule has 74 valence electrons. The fourth-order valence-corrected chi connectivity index (χ4v) is 0.902. The molecule has 0 aliphatic heterocycles. The lowest BCUT2D eigenvalue weighted by molar-refractivity contribution is -0.146.